The number of Topliss-reactive ketones (excluding diaryl/α,β-unsaturated/α-hetero) is 1. The van der Waals surface area contributed by atoms with Crippen molar-refractivity contribution in [3.05, 3.63) is 45.6 Å². The number of carbonyl (C=O) groups excluding carboxylic acids is 2. The quantitative estimate of drug-likeness (QED) is 0.688. The Bertz CT molecular complexity index is 777. The first-order valence-corrected chi connectivity index (χ1v) is 8.60. The fourth-order valence-corrected chi connectivity index (χ4v) is 4.72. The number of ketones is 1. The Morgan fingerprint density at radius 3 is 2.74 bits per heavy atom. The molecule has 0 aromatic heterocycles. The molecule has 1 aromatic rings. The smallest absolute Gasteiger partial charge is 0.414 e. The van der Waals surface area contributed by atoms with E-state index < -0.39 is 5.60 Å². The van der Waals surface area contributed by atoms with Gasteiger partial charge in [0.05, 0.1) is 10.2 Å². The average Bonchev–Trinajstić information content (AvgIpc) is 3.08. The van der Waals surface area contributed by atoms with Crippen LogP contribution in [0.4, 0.5) is 4.79 Å². The molecule has 1 amide bonds. The van der Waals surface area contributed by atoms with Crippen molar-refractivity contribution in [2.24, 2.45) is 5.92 Å². The standard InChI is InChI=1S/C18H18BrNO3/c1-17(2,3)23-16(22)20-9-10-8-18(10)12-7-5-4-6-11(12)14(21)13(19)15(18)20/h4-7,10H,8-9H2,1-3H3. The summed E-state index contributed by atoms with van der Waals surface area (Å²) < 4.78 is 6.03. The lowest BCUT2D eigenvalue weighted by molar-refractivity contribution is 0.0322. The maximum atomic E-state index is 12.7. The highest BCUT2D eigenvalue weighted by Gasteiger charge is 2.68. The second-order valence-electron chi connectivity index (χ2n) is 7.50. The van der Waals surface area contributed by atoms with Gasteiger partial charge < -0.3 is 4.74 Å². The van der Waals surface area contributed by atoms with Gasteiger partial charge in [0, 0.05) is 17.5 Å². The van der Waals surface area contributed by atoms with E-state index in [2.05, 4.69) is 15.9 Å². The van der Waals surface area contributed by atoms with Crippen LogP contribution in [0.5, 0.6) is 0 Å². The fraction of sp³-hybridized carbons (Fsp3) is 0.444. The summed E-state index contributed by atoms with van der Waals surface area (Å²) in [4.78, 5) is 26.9. The number of fused-ring (bicyclic) bond motifs is 1. The van der Waals surface area contributed by atoms with Crippen molar-refractivity contribution >= 4 is 27.8 Å². The third-order valence-corrected chi connectivity index (χ3v) is 5.61. The van der Waals surface area contributed by atoms with Crippen LogP contribution in [0.3, 0.4) is 0 Å². The van der Waals surface area contributed by atoms with E-state index in [-0.39, 0.29) is 17.3 Å². The van der Waals surface area contributed by atoms with Crippen LogP contribution in [0, 0.1) is 5.92 Å². The number of benzene rings is 1. The Kier molecular flexibility index (Phi) is 2.90. The van der Waals surface area contributed by atoms with Crippen molar-refractivity contribution in [2.45, 2.75) is 38.2 Å². The van der Waals surface area contributed by atoms with Crippen molar-refractivity contribution in [1.29, 1.82) is 0 Å². The lowest BCUT2D eigenvalue weighted by atomic mass is 9.81. The van der Waals surface area contributed by atoms with Crippen LogP contribution in [-0.4, -0.2) is 28.9 Å². The zero-order chi connectivity index (χ0) is 16.6. The first-order chi connectivity index (χ1) is 10.8. The number of nitrogens with zero attached hydrogens (tertiary/aromatic N) is 1. The molecule has 4 rings (SSSR count). The van der Waals surface area contributed by atoms with Crippen LogP contribution in [0.25, 0.3) is 0 Å². The van der Waals surface area contributed by atoms with E-state index in [9.17, 15) is 9.59 Å². The first kappa shape index (κ1) is 14.9. The Morgan fingerprint density at radius 1 is 1.35 bits per heavy atom. The molecule has 1 saturated heterocycles. The van der Waals surface area contributed by atoms with Gasteiger partial charge in [-0.25, -0.2) is 4.79 Å². The lowest BCUT2D eigenvalue weighted by Gasteiger charge is -2.32. The number of amides is 1. The zero-order valence-corrected chi connectivity index (χ0v) is 14.9. The summed E-state index contributed by atoms with van der Waals surface area (Å²) >= 11 is 3.46. The summed E-state index contributed by atoms with van der Waals surface area (Å²) in [6.45, 7) is 6.16. The molecule has 1 heterocycles. The molecule has 2 aliphatic carbocycles. The van der Waals surface area contributed by atoms with E-state index in [4.69, 9.17) is 4.74 Å². The van der Waals surface area contributed by atoms with Crippen LogP contribution < -0.4 is 0 Å². The normalized spacial score (nSPS) is 28.3. The molecule has 2 unspecified atom stereocenters. The fourth-order valence-electron chi connectivity index (χ4n) is 3.94. The Labute approximate surface area is 143 Å². The third-order valence-electron chi connectivity index (χ3n) is 4.87. The van der Waals surface area contributed by atoms with Crippen molar-refractivity contribution in [3.63, 3.8) is 0 Å². The number of hydrogen-bond acceptors (Lipinski definition) is 3. The van der Waals surface area contributed by atoms with Crippen molar-refractivity contribution in [1.82, 2.24) is 4.90 Å². The van der Waals surface area contributed by atoms with Gasteiger partial charge in [0.25, 0.3) is 0 Å². The van der Waals surface area contributed by atoms with Crippen molar-refractivity contribution < 1.29 is 14.3 Å². The first-order valence-electron chi connectivity index (χ1n) is 7.80. The molecule has 0 N–H and O–H groups in total. The molecule has 0 radical (unpaired) electrons. The van der Waals surface area contributed by atoms with Gasteiger partial charge in [0.1, 0.15) is 5.60 Å². The second-order valence-corrected chi connectivity index (χ2v) is 8.29. The van der Waals surface area contributed by atoms with Crippen LogP contribution in [0.2, 0.25) is 0 Å². The van der Waals surface area contributed by atoms with Crippen molar-refractivity contribution in [3.8, 4) is 0 Å². The van der Waals surface area contributed by atoms with E-state index in [1.54, 1.807) is 4.90 Å². The van der Waals surface area contributed by atoms with Crippen LogP contribution >= 0.6 is 15.9 Å². The Morgan fingerprint density at radius 2 is 2.04 bits per heavy atom. The molecule has 0 bridgehead atoms. The van der Waals surface area contributed by atoms with Crippen LogP contribution in [-0.2, 0) is 10.2 Å². The van der Waals surface area contributed by atoms with E-state index in [1.807, 2.05) is 45.0 Å². The van der Waals surface area contributed by atoms with E-state index in [0.717, 1.165) is 23.2 Å². The predicted octanol–water partition coefficient (Wildman–Crippen LogP) is 4.00. The summed E-state index contributed by atoms with van der Waals surface area (Å²) in [6, 6.07) is 7.74. The molecule has 5 heteroatoms. The molecule has 2 fully saturated rings. The number of likely N-dealkylation sites (tertiary alicyclic amines) is 1. The molecule has 4 nitrogen and oxygen atoms in total. The van der Waals surface area contributed by atoms with Gasteiger partial charge in [-0.3, -0.25) is 9.69 Å². The molecule has 3 aliphatic rings. The number of allylic oxidation sites excluding steroid dienone is 2. The number of rotatable bonds is 0. The monoisotopic (exact) mass is 375 g/mol. The van der Waals surface area contributed by atoms with Gasteiger partial charge >= 0.3 is 6.09 Å². The largest absolute Gasteiger partial charge is 0.443 e. The lowest BCUT2D eigenvalue weighted by Crippen LogP contribution is -2.38. The maximum absolute atomic E-state index is 12.7. The number of halogens is 1. The van der Waals surface area contributed by atoms with Crippen LogP contribution in [0.15, 0.2) is 34.4 Å². The summed E-state index contributed by atoms with van der Waals surface area (Å²) in [6.07, 6.45) is 0.615. The summed E-state index contributed by atoms with van der Waals surface area (Å²) in [7, 11) is 0. The van der Waals surface area contributed by atoms with E-state index >= 15 is 0 Å². The number of carbonyl (C=O) groups is 2. The minimum atomic E-state index is -0.555. The SMILES string of the molecule is CC(C)(C)OC(=O)N1CC2CC23C1=C(Br)C(=O)c1ccccc13. The highest BCUT2D eigenvalue weighted by Crippen LogP contribution is 2.68. The maximum Gasteiger partial charge on any atom is 0.414 e. The minimum absolute atomic E-state index is 0.0534. The van der Waals surface area contributed by atoms with Crippen molar-refractivity contribution in [2.75, 3.05) is 6.54 Å². The van der Waals surface area contributed by atoms with Gasteiger partial charge in [-0.1, -0.05) is 24.3 Å². The number of piperidine rings is 1. The van der Waals surface area contributed by atoms with E-state index in [1.165, 1.54) is 0 Å². The Hall–Kier alpha value is -1.62. The second kappa shape index (κ2) is 4.47. The summed E-state index contributed by atoms with van der Waals surface area (Å²) in [5.74, 6) is 0.314. The highest BCUT2D eigenvalue weighted by molar-refractivity contribution is 9.12. The van der Waals surface area contributed by atoms with Gasteiger partial charge in [-0.05, 0) is 54.6 Å². The molecule has 2 atom stereocenters. The number of hydrogen-bond donors (Lipinski definition) is 0. The topological polar surface area (TPSA) is 46.6 Å². The Balaban J connectivity index is 1.80. The van der Waals surface area contributed by atoms with Gasteiger partial charge in [-0.2, -0.15) is 0 Å². The summed E-state index contributed by atoms with van der Waals surface area (Å²) in [5, 5.41) is 0. The molecular weight excluding hydrogens is 358 g/mol. The van der Waals surface area contributed by atoms with Crippen LogP contribution in [0.1, 0.15) is 43.1 Å². The van der Waals surface area contributed by atoms with E-state index in [0.29, 0.717) is 16.9 Å². The van der Waals surface area contributed by atoms with Gasteiger partial charge in [-0.15, -0.1) is 0 Å². The molecular formula is C18H18BrNO3. The molecule has 1 spiro atoms. The average molecular weight is 376 g/mol. The predicted molar refractivity (Wildman–Crippen MR) is 89.5 cm³/mol. The molecule has 1 aromatic carbocycles. The van der Waals surface area contributed by atoms with Gasteiger partial charge in [0.15, 0.2) is 0 Å². The molecule has 1 saturated carbocycles. The molecule has 1 aliphatic heterocycles. The minimum Gasteiger partial charge on any atom is -0.443 e. The molecule has 23 heavy (non-hydrogen) atoms. The summed E-state index contributed by atoms with van der Waals surface area (Å²) in [5.41, 5.74) is 1.84. The molecule has 120 valence electrons. The van der Waals surface area contributed by atoms with Gasteiger partial charge in [0.2, 0.25) is 5.78 Å². The third kappa shape index (κ3) is 1.95. The number of ether oxygens (including phenoxy) is 1. The highest BCUT2D eigenvalue weighted by atomic mass is 79.9. The zero-order valence-electron chi connectivity index (χ0n) is 13.4.